The first-order chi connectivity index (χ1) is 20.1. The first-order valence-electron chi connectivity index (χ1n) is 14.1. The van der Waals surface area contributed by atoms with E-state index in [2.05, 4.69) is 10.3 Å². The van der Waals surface area contributed by atoms with E-state index in [-0.39, 0.29) is 30.0 Å². The van der Waals surface area contributed by atoms with E-state index in [9.17, 15) is 14.4 Å². The van der Waals surface area contributed by atoms with Gasteiger partial charge < -0.3 is 42.6 Å². The predicted molar refractivity (Wildman–Crippen MR) is 150 cm³/mol. The van der Waals surface area contributed by atoms with Crippen LogP contribution in [0.1, 0.15) is 89.6 Å². The van der Waals surface area contributed by atoms with Crippen LogP contribution >= 0.6 is 0 Å². The molecule has 0 fully saturated rings. The third kappa shape index (κ3) is 13.0. The number of methoxy groups -OCH3 is 3. The molecule has 1 N–H and O–H groups in total. The highest BCUT2D eigenvalue weighted by molar-refractivity contribution is 5.77. The highest BCUT2D eigenvalue weighted by Gasteiger charge is 2.30. The van der Waals surface area contributed by atoms with Gasteiger partial charge in [0, 0.05) is 32.8 Å². The van der Waals surface area contributed by atoms with Crippen LogP contribution in [0.15, 0.2) is 21.2 Å². The second kappa shape index (κ2) is 20.4. The Morgan fingerprint density at radius 2 is 1.33 bits per heavy atom. The monoisotopic (exact) mass is 598 g/mol. The van der Waals surface area contributed by atoms with Gasteiger partial charge in [0.25, 0.3) is 11.8 Å². The first-order valence-corrected chi connectivity index (χ1v) is 14.1. The number of hydrogen-bond acceptors (Lipinski definition) is 12. The molecule has 2 rings (SSSR count). The van der Waals surface area contributed by atoms with E-state index in [4.69, 9.17) is 37.8 Å². The standard InChI is InChI=1S/C16H27NO6.C13H19NO5/c1-11(2)15(16(18)21-5)12-10-13(17-23-12)22-9-7-6-8-14(19-3)20-4;1-9(2)12(13(16)17)10-8-11(14-19-10)18-7-5-3-4-6-15/h10-11,14-15H,6-9H2,1-5H3;6,8-9,12H,3-5,7H2,1-2H3,(H,16,17). The number of aromatic nitrogens is 2. The van der Waals surface area contributed by atoms with E-state index in [1.807, 2.05) is 13.8 Å². The number of esters is 1. The lowest BCUT2D eigenvalue weighted by Crippen LogP contribution is -2.19. The summed E-state index contributed by atoms with van der Waals surface area (Å²) in [6, 6.07) is 3.16. The number of aldehydes is 1. The highest BCUT2D eigenvalue weighted by atomic mass is 16.7. The van der Waals surface area contributed by atoms with Crippen molar-refractivity contribution in [3.8, 4) is 11.8 Å². The van der Waals surface area contributed by atoms with Crippen molar-refractivity contribution >= 4 is 18.2 Å². The van der Waals surface area contributed by atoms with Crippen LogP contribution in [-0.4, -0.2) is 74.5 Å². The molecule has 0 aromatic carbocycles. The summed E-state index contributed by atoms with van der Waals surface area (Å²) in [7, 11) is 4.60. The fraction of sp³-hybridized carbons (Fsp3) is 0.690. The van der Waals surface area contributed by atoms with Crippen molar-refractivity contribution < 1.29 is 52.2 Å². The maximum atomic E-state index is 11.8. The predicted octanol–water partition coefficient (Wildman–Crippen LogP) is 5.00. The molecule has 0 spiro atoms. The van der Waals surface area contributed by atoms with Crippen molar-refractivity contribution in [1.82, 2.24) is 10.3 Å². The largest absolute Gasteiger partial charge is 0.481 e. The molecule has 2 unspecified atom stereocenters. The Morgan fingerprint density at radius 1 is 0.833 bits per heavy atom. The molecule has 0 aliphatic rings. The second-order valence-electron chi connectivity index (χ2n) is 10.2. The van der Waals surface area contributed by atoms with Gasteiger partial charge in [0.15, 0.2) is 17.8 Å². The summed E-state index contributed by atoms with van der Waals surface area (Å²) in [5.41, 5.74) is 0. The molecule has 0 saturated carbocycles. The smallest absolute Gasteiger partial charge is 0.316 e. The van der Waals surface area contributed by atoms with Crippen molar-refractivity contribution in [3.05, 3.63) is 23.7 Å². The Bertz CT molecular complexity index is 1030. The summed E-state index contributed by atoms with van der Waals surface area (Å²) in [6.45, 7) is 8.40. The molecular formula is C29H46N2O11. The Kier molecular flexibility index (Phi) is 17.8. The van der Waals surface area contributed by atoms with Crippen molar-refractivity contribution in [1.29, 1.82) is 0 Å². The Balaban J connectivity index is 0.000000428. The minimum Gasteiger partial charge on any atom is -0.481 e. The van der Waals surface area contributed by atoms with E-state index in [1.165, 1.54) is 13.2 Å². The second-order valence-corrected chi connectivity index (χ2v) is 10.2. The van der Waals surface area contributed by atoms with Gasteiger partial charge in [-0.25, -0.2) is 0 Å². The minimum atomic E-state index is -0.941. The normalized spacial score (nSPS) is 12.5. The summed E-state index contributed by atoms with van der Waals surface area (Å²) < 4.78 is 36.1. The number of ether oxygens (including phenoxy) is 5. The highest BCUT2D eigenvalue weighted by Crippen LogP contribution is 2.29. The molecule has 13 heteroatoms. The van der Waals surface area contributed by atoms with Gasteiger partial charge in [-0.05, 0) is 54.3 Å². The van der Waals surface area contributed by atoms with Crippen LogP contribution in [-0.2, 0) is 28.6 Å². The van der Waals surface area contributed by atoms with Crippen LogP contribution in [0.2, 0.25) is 0 Å². The third-order valence-corrected chi connectivity index (χ3v) is 6.26. The van der Waals surface area contributed by atoms with Gasteiger partial charge in [0.1, 0.15) is 18.1 Å². The Hall–Kier alpha value is -3.45. The van der Waals surface area contributed by atoms with Crippen molar-refractivity contribution in [3.63, 3.8) is 0 Å². The van der Waals surface area contributed by atoms with Crippen molar-refractivity contribution in [2.75, 3.05) is 34.5 Å². The molecule has 2 atom stereocenters. The molecule has 0 aliphatic heterocycles. The van der Waals surface area contributed by atoms with Gasteiger partial charge in [-0.1, -0.05) is 27.7 Å². The van der Waals surface area contributed by atoms with E-state index in [0.29, 0.717) is 37.0 Å². The molecule has 0 saturated heterocycles. The maximum absolute atomic E-state index is 11.8. The zero-order chi connectivity index (χ0) is 31.5. The lowest BCUT2D eigenvalue weighted by atomic mass is 9.93. The summed E-state index contributed by atoms with van der Waals surface area (Å²) >= 11 is 0. The summed E-state index contributed by atoms with van der Waals surface area (Å²) in [5, 5.41) is 16.7. The zero-order valence-electron chi connectivity index (χ0n) is 25.7. The third-order valence-electron chi connectivity index (χ3n) is 6.26. The van der Waals surface area contributed by atoms with Crippen LogP contribution in [0, 0.1) is 11.8 Å². The van der Waals surface area contributed by atoms with Crippen LogP contribution in [0.3, 0.4) is 0 Å². The number of aliphatic carboxylic acids is 1. The summed E-state index contributed by atoms with van der Waals surface area (Å²) in [6.07, 6.45) is 5.27. The SMILES string of the molecule is CC(C)C(C(=O)O)c1cc(OCCCCC=O)no1.COC(=O)C(c1cc(OCCCCC(OC)OC)no1)C(C)C. The summed E-state index contributed by atoms with van der Waals surface area (Å²) in [4.78, 5) is 33.1. The lowest BCUT2D eigenvalue weighted by molar-refractivity contribution is -0.144. The number of rotatable bonds is 20. The summed E-state index contributed by atoms with van der Waals surface area (Å²) in [5.74, 6) is -1.11. The van der Waals surface area contributed by atoms with Crippen LogP contribution in [0.5, 0.6) is 11.8 Å². The lowest BCUT2D eigenvalue weighted by Gasteiger charge is -2.14. The topological polar surface area (TPSA) is 170 Å². The number of carboxylic acid groups (broad SMARTS) is 1. The van der Waals surface area contributed by atoms with Gasteiger partial charge >= 0.3 is 11.9 Å². The quantitative estimate of drug-likeness (QED) is 0.0935. The Labute approximate surface area is 247 Å². The van der Waals surface area contributed by atoms with Crippen LogP contribution in [0.4, 0.5) is 0 Å². The van der Waals surface area contributed by atoms with E-state index < -0.39 is 17.8 Å². The molecule has 0 bridgehead atoms. The first kappa shape index (κ1) is 36.6. The van der Waals surface area contributed by atoms with Gasteiger partial charge in [0.05, 0.1) is 20.3 Å². The molecule has 0 aliphatic carbocycles. The molecule has 238 valence electrons. The van der Waals surface area contributed by atoms with Crippen molar-refractivity contribution in [2.45, 2.75) is 84.3 Å². The minimum absolute atomic E-state index is 0.0447. The number of unbranched alkanes of at least 4 members (excludes halogenated alkanes) is 3. The van der Waals surface area contributed by atoms with Gasteiger partial charge in [-0.15, -0.1) is 0 Å². The fourth-order valence-electron chi connectivity index (χ4n) is 3.98. The number of nitrogens with zero attached hydrogens (tertiary/aromatic N) is 2. The zero-order valence-corrected chi connectivity index (χ0v) is 25.7. The molecule has 2 aromatic heterocycles. The van der Waals surface area contributed by atoms with Crippen molar-refractivity contribution in [2.24, 2.45) is 11.8 Å². The van der Waals surface area contributed by atoms with Gasteiger partial charge in [-0.2, -0.15) is 0 Å². The molecule has 0 radical (unpaired) electrons. The van der Waals surface area contributed by atoms with Gasteiger partial charge in [-0.3, -0.25) is 9.59 Å². The maximum Gasteiger partial charge on any atom is 0.316 e. The van der Waals surface area contributed by atoms with E-state index >= 15 is 0 Å². The molecule has 0 amide bonds. The van der Waals surface area contributed by atoms with Crippen LogP contribution in [0.25, 0.3) is 0 Å². The fourth-order valence-corrected chi connectivity index (χ4v) is 3.98. The van der Waals surface area contributed by atoms with E-state index in [1.54, 1.807) is 34.1 Å². The molecule has 2 heterocycles. The average molecular weight is 599 g/mol. The van der Waals surface area contributed by atoms with Gasteiger partial charge in [0.2, 0.25) is 0 Å². The van der Waals surface area contributed by atoms with E-state index in [0.717, 1.165) is 38.4 Å². The average Bonchev–Trinajstić information content (AvgIpc) is 3.60. The number of carboxylic acids is 1. The molecule has 2 aromatic rings. The number of carbonyl (C=O) groups is 3. The van der Waals surface area contributed by atoms with Crippen LogP contribution < -0.4 is 9.47 Å². The molecule has 13 nitrogen and oxygen atoms in total. The number of hydrogen-bond donors (Lipinski definition) is 1. The Morgan fingerprint density at radius 3 is 1.76 bits per heavy atom. The number of carbonyl (C=O) groups excluding carboxylic acids is 2. The molecule has 42 heavy (non-hydrogen) atoms. The molecular weight excluding hydrogens is 552 g/mol.